The molecule has 0 aromatic heterocycles. The second-order valence-corrected chi connectivity index (χ2v) is 4.05. The zero-order chi connectivity index (χ0) is 11.4. The van der Waals surface area contributed by atoms with E-state index in [0.29, 0.717) is 26.1 Å². The molecule has 1 fully saturated rings. The van der Waals surface area contributed by atoms with Gasteiger partial charge in [-0.25, -0.2) is 0 Å². The monoisotopic (exact) mass is 213 g/mol. The summed E-state index contributed by atoms with van der Waals surface area (Å²) in [4.78, 5) is 26.5. The average molecular weight is 213 g/mol. The van der Waals surface area contributed by atoms with Crippen molar-refractivity contribution in [1.82, 2.24) is 9.80 Å². The SMILES string of the molecule is CC(CCN)C(=O)N1CCN(C)C(=O)C1. The van der Waals surface area contributed by atoms with E-state index in [0.717, 1.165) is 0 Å². The molecule has 5 nitrogen and oxygen atoms in total. The van der Waals surface area contributed by atoms with Gasteiger partial charge < -0.3 is 15.5 Å². The van der Waals surface area contributed by atoms with Gasteiger partial charge in [-0.2, -0.15) is 0 Å². The van der Waals surface area contributed by atoms with Gasteiger partial charge in [0.05, 0.1) is 6.54 Å². The summed E-state index contributed by atoms with van der Waals surface area (Å²) < 4.78 is 0. The van der Waals surface area contributed by atoms with Crippen molar-refractivity contribution in [3.63, 3.8) is 0 Å². The molecule has 2 N–H and O–H groups in total. The number of hydrogen-bond acceptors (Lipinski definition) is 3. The van der Waals surface area contributed by atoms with Gasteiger partial charge in [-0.05, 0) is 13.0 Å². The van der Waals surface area contributed by atoms with Crippen LogP contribution in [0.5, 0.6) is 0 Å². The summed E-state index contributed by atoms with van der Waals surface area (Å²) in [6, 6.07) is 0. The maximum absolute atomic E-state index is 11.8. The van der Waals surface area contributed by atoms with Crippen molar-refractivity contribution in [3.8, 4) is 0 Å². The molecule has 1 atom stereocenters. The molecular formula is C10H19N3O2. The molecule has 0 bridgehead atoms. The number of hydrogen-bond donors (Lipinski definition) is 1. The number of nitrogens with two attached hydrogens (primary N) is 1. The molecule has 15 heavy (non-hydrogen) atoms. The Labute approximate surface area is 90.2 Å². The van der Waals surface area contributed by atoms with Crippen molar-refractivity contribution in [1.29, 1.82) is 0 Å². The van der Waals surface area contributed by atoms with Crippen molar-refractivity contribution >= 4 is 11.8 Å². The number of rotatable bonds is 3. The molecule has 0 aromatic carbocycles. The lowest BCUT2D eigenvalue weighted by atomic mass is 10.1. The van der Waals surface area contributed by atoms with Crippen LogP contribution in [0.15, 0.2) is 0 Å². The minimum Gasteiger partial charge on any atom is -0.342 e. The summed E-state index contributed by atoms with van der Waals surface area (Å²) in [5, 5.41) is 0. The molecule has 1 saturated heterocycles. The van der Waals surface area contributed by atoms with Crippen LogP contribution in [0.3, 0.4) is 0 Å². The second kappa shape index (κ2) is 5.11. The molecule has 0 spiro atoms. The van der Waals surface area contributed by atoms with E-state index < -0.39 is 0 Å². The first-order valence-electron chi connectivity index (χ1n) is 5.29. The van der Waals surface area contributed by atoms with Crippen LogP contribution in [0, 0.1) is 5.92 Å². The molecule has 0 aromatic rings. The van der Waals surface area contributed by atoms with E-state index in [-0.39, 0.29) is 24.3 Å². The third-order valence-electron chi connectivity index (χ3n) is 2.79. The standard InChI is InChI=1S/C10H19N3O2/c1-8(3-4-11)10(15)13-6-5-12(2)9(14)7-13/h8H,3-7,11H2,1-2H3. The lowest BCUT2D eigenvalue weighted by Gasteiger charge is -2.33. The molecule has 1 heterocycles. The van der Waals surface area contributed by atoms with Gasteiger partial charge >= 0.3 is 0 Å². The largest absolute Gasteiger partial charge is 0.342 e. The Kier molecular flexibility index (Phi) is 4.08. The van der Waals surface area contributed by atoms with Gasteiger partial charge in [0.1, 0.15) is 0 Å². The lowest BCUT2D eigenvalue weighted by molar-refractivity contribution is -0.146. The zero-order valence-corrected chi connectivity index (χ0v) is 9.40. The molecule has 1 unspecified atom stereocenters. The Morgan fingerprint density at radius 3 is 2.73 bits per heavy atom. The highest BCUT2D eigenvalue weighted by Crippen LogP contribution is 2.09. The summed E-state index contributed by atoms with van der Waals surface area (Å²) in [6.45, 7) is 3.84. The van der Waals surface area contributed by atoms with E-state index in [1.54, 1.807) is 16.8 Å². The molecule has 0 saturated carbocycles. The van der Waals surface area contributed by atoms with E-state index in [4.69, 9.17) is 5.73 Å². The van der Waals surface area contributed by atoms with Gasteiger partial charge in [0.15, 0.2) is 0 Å². The summed E-state index contributed by atoms with van der Waals surface area (Å²) in [6.07, 6.45) is 0.680. The first-order valence-corrected chi connectivity index (χ1v) is 5.29. The number of likely N-dealkylation sites (N-methyl/N-ethyl adjacent to an activating group) is 1. The van der Waals surface area contributed by atoms with Crippen LogP contribution in [0.4, 0.5) is 0 Å². The Morgan fingerprint density at radius 1 is 1.53 bits per heavy atom. The van der Waals surface area contributed by atoms with Crippen LogP contribution < -0.4 is 5.73 Å². The molecule has 1 aliphatic rings. The molecule has 0 aliphatic carbocycles. The van der Waals surface area contributed by atoms with Crippen molar-refractivity contribution in [3.05, 3.63) is 0 Å². The minimum atomic E-state index is -0.0776. The highest BCUT2D eigenvalue weighted by Gasteiger charge is 2.27. The van der Waals surface area contributed by atoms with Crippen molar-refractivity contribution in [2.75, 3.05) is 33.2 Å². The molecule has 0 radical (unpaired) electrons. The quantitative estimate of drug-likeness (QED) is 0.672. The van der Waals surface area contributed by atoms with Gasteiger partial charge in [0, 0.05) is 26.1 Å². The summed E-state index contributed by atoms with van der Waals surface area (Å²) in [7, 11) is 1.76. The normalized spacial score (nSPS) is 19.3. The number of piperazine rings is 1. The Hall–Kier alpha value is -1.10. The van der Waals surface area contributed by atoms with Crippen LogP contribution in [0.2, 0.25) is 0 Å². The molecule has 1 rings (SSSR count). The van der Waals surface area contributed by atoms with Crippen LogP contribution in [0.1, 0.15) is 13.3 Å². The van der Waals surface area contributed by atoms with E-state index in [2.05, 4.69) is 0 Å². The minimum absolute atomic E-state index is 0.00884. The summed E-state index contributed by atoms with van der Waals surface area (Å²) in [5.41, 5.74) is 5.40. The van der Waals surface area contributed by atoms with E-state index in [1.807, 2.05) is 6.92 Å². The summed E-state index contributed by atoms with van der Waals surface area (Å²) >= 11 is 0. The fraction of sp³-hybridized carbons (Fsp3) is 0.800. The first-order chi connectivity index (χ1) is 7.06. The highest BCUT2D eigenvalue weighted by molar-refractivity contribution is 5.86. The van der Waals surface area contributed by atoms with E-state index in [9.17, 15) is 9.59 Å². The van der Waals surface area contributed by atoms with Gasteiger partial charge in [0.25, 0.3) is 0 Å². The van der Waals surface area contributed by atoms with Crippen molar-refractivity contribution in [2.45, 2.75) is 13.3 Å². The number of carbonyl (C=O) groups is 2. The number of nitrogens with zero attached hydrogens (tertiary/aromatic N) is 2. The third-order valence-corrected chi connectivity index (χ3v) is 2.79. The van der Waals surface area contributed by atoms with Crippen LogP contribution in [0.25, 0.3) is 0 Å². The summed E-state index contributed by atoms with van der Waals surface area (Å²) in [5.74, 6) is -0.0253. The van der Waals surface area contributed by atoms with Gasteiger partial charge in [-0.15, -0.1) is 0 Å². The van der Waals surface area contributed by atoms with Gasteiger partial charge in [-0.3, -0.25) is 9.59 Å². The van der Waals surface area contributed by atoms with E-state index >= 15 is 0 Å². The fourth-order valence-corrected chi connectivity index (χ4v) is 1.63. The second-order valence-electron chi connectivity index (χ2n) is 4.05. The van der Waals surface area contributed by atoms with Gasteiger partial charge in [0.2, 0.25) is 11.8 Å². The van der Waals surface area contributed by atoms with Crippen molar-refractivity contribution in [2.24, 2.45) is 11.7 Å². The zero-order valence-electron chi connectivity index (χ0n) is 9.40. The van der Waals surface area contributed by atoms with Crippen LogP contribution in [-0.2, 0) is 9.59 Å². The number of amides is 2. The predicted octanol–water partition coefficient (Wildman–Crippen LogP) is -0.728. The van der Waals surface area contributed by atoms with Crippen molar-refractivity contribution < 1.29 is 9.59 Å². The van der Waals surface area contributed by atoms with Gasteiger partial charge in [-0.1, -0.05) is 6.92 Å². The predicted molar refractivity (Wildman–Crippen MR) is 57.1 cm³/mol. The third kappa shape index (κ3) is 2.92. The molecule has 86 valence electrons. The van der Waals surface area contributed by atoms with E-state index in [1.165, 1.54) is 0 Å². The van der Waals surface area contributed by atoms with Crippen LogP contribution in [-0.4, -0.2) is 54.8 Å². The molecule has 5 heteroatoms. The molecule has 1 aliphatic heterocycles. The first kappa shape index (κ1) is 12.0. The topological polar surface area (TPSA) is 66.6 Å². The fourth-order valence-electron chi connectivity index (χ4n) is 1.63. The molecule has 2 amide bonds. The Bertz CT molecular complexity index is 255. The molecular weight excluding hydrogens is 194 g/mol. The maximum atomic E-state index is 11.8. The highest BCUT2D eigenvalue weighted by atomic mass is 16.2. The number of carbonyl (C=O) groups excluding carboxylic acids is 2. The Morgan fingerprint density at radius 2 is 2.20 bits per heavy atom. The maximum Gasteiger partial charge on any atom is 0.241 e. The average Bonchev–Trinajstić information content (AvgIpc) is 2.21. The lowest BCUT2D eigenvalue weighted by Crippen LogP contribution is -2.52. The Balaban J connectivity index is 2.50. The smallest absolute Gasteiger partial charge is 0.241 e. The van der Waals surface area contributed by atoms with Crippen LogP contribution >= 0.6 is 0 Å².